The van der Waals surface area contributed by atoms with Crippen LogP contribution in [0, 0.1) is 0 Å². The first kappa shape index (κ1) is 17.0. The molecule has 0 fully saturated rings. The van der Waals surface area contributed by atoms with Crippen molar-refractivity contribution in [3.05, 3.63) is 42.6 Å². The SMILES string of the molecule is CN=C(NCc1ccnc(-n2ccnc2)c1)NCC(C)(C)OC. The molecule has 23 heavy (non-hydrogen) atoms. The molecule has 2 rings (SSSR count). The Morgan fingerprint density at radius 3 is 2.83 bits per heavy atom. The molecule has 2 aromatic rings. The summed E-state index contributed by atoms with van der Waals surface area (Å²) in [5.74, 6) is 1.57. The molecule has 2 N–H and O–H groups in total. The van der Waals surface area contributed by atoms with E-state index in [2.05, 4.69) is 25.6 Å². The van der Waals surface area contributed by atoms with Crippen molar-refractivity contribution in [2.75, 3.05) is 20.7 Å². The lowest BCUT2D eigenvalue weighted by Crippen LogP contribution is -2.45. The molecule has 0 spiro atoms. The van der Waals surface area contributed by atoms with Gasteiger partial charge in [0.15, 0.2) is 5.96 Å². The van der Waals surface area contributed by atoms with E-state index in [-0.39, 0.29) is 5.60 Å². The molecule has 0 saturated carbocycles. The molecule has 0 aromatic carbocycles. The van der Waals surface area contributed by atoms with Crippen molar-refractivity contribution in [2.45, 2.75) is 26.0 Å². The highest BCUT2D eigenvalue weighted by molar-refractivity contribution is 5.79. The lowest BCUT2D eigenvalue weighted by atomic mass is 10.1. The third-order valence-electron chi connectivity index (χ3n) is 3.50. The van der Waals surface area contributed by atoms with E-state index in [1.54, 1.807) is 32.9 Å². The van der Waals surface area contributed by atoms with Crippen LogP contribution >= 0.6 is 0 Å². The summed E-state index contributed by atoms with van der Waals surface area (Å²) in [7, 11) is 3.45. The standard InChI is InChI=1S/C16H24N6O/c1-16(2,23-4)11-21-15(17-3)20-10-13-5-6-19-14(9-13)22-8-7-18-12-22/h5-9,12H,10-11H2,1-4H3,(H2,17,20,21). The molecule has 124 valence electrons. The highest BCUT2D eigenvalue weighted by Gasteiger charge is 2.16. The van der Waals surface area contributed by atoms with E-state index >= 15 is 0 Å². The first-order valence-corrected chi connectivity index (χ1v) is 7.47. The summed E-state index contributed by atoms with van der Waals surface area (Å²) in [6.45, 7) is 5.36. The van der Waals surface area contributed by atoms with Crippen LogP contribution in [0.15, 0.2) is 42.0 Å². The largest absolute Gasteiger partial charge is 0.377 e. The molecule has 7 nitrogen and oxygen atoms in total. The van der Waals surface area contributed by atoms with Crippen LogP contribution in [0.1, 0.15) is 19.4 Å². The molecule has 0 bridgehead atoms. The van der Waals surface area contributed by atoms with Crippen LogP contribution in [0.3, 0.4) is 0 Å². The Morgan fingerprint density at radius 2 is 2.17 bits per heavy atom. The average Bonchev–Trinajstić information content (AvgIpc) is 3.10. The molecule has 2 aromatic heterocycles. The van der Waals surface area contributed by atoms with Gasteiger partial charge in [-0.25, -0.2) is 9.97 Å². The Morgan fingerprint density at radius 1 is 1.35 bits per heavy atom. The Bertz CT molecular complexity index is 636. The smallest absolute Gasteiger partial charge is 0.191 e. The van der Waals surface area contributed by atoms with Crippen LogP contribution in [0.25, 0.3) is 5.82 Å². The molecule has 0 radical (unpaired) electrons. The number of aliphatic imine (C=N–C) groups is 1. The van der Waals surface area contributed by atoms with E-state index in [1.807, 2.05) is 36.7 Å². The normalized spacial score (nSPS) is 12.3. The fraction of sp³-hybridized carbons (Fsp3) is 0.438. The summed E-state index contributed by atoms with van der Waals surface area (Å²) >= 11 is 0. The van der Waals surface area contributed by atoms with Crippen molar-refractivity contribution in [1.82, 2.24) is 25.2 Å². The Hall–Kier alpha value is -2.41. The van der Waals surface area contributed by atoms with E-state index in [1.165, 1.54) is 0 Å². The molecule has 0 unspecified atom stereocenters. The van der Waals surface area contributed by atoms with Gasteiger partial charge in [0.25, 0.3) is 0 Å². The van der Waals surface area contributed by atoms with Crippen LogP contribution in [-0.2, 0) is 11.3 Å². The van der Waals surface area contributed by atoms with Gasteiger partial charge in [0, 0.05) is 45.8 Å². The Labute approximate surface area is 136 Å². The molecule has 0 aliphatic carbocycles. The minimum Gasteiger partial charge on any atom is -0.377 e. The van der Waals surface area contributed by atoms with E-state index in [9.17, 15) is 0 Å². The summed E-state index contributed by atoms with van der Waals surface area (Å²) in [6, 6.07) is 3.99. The van der Waals surface area contributed by atoms with Crippen LogP contribution in [0.4, 0.5) is 0 Å². The summed E-state index contributed by atoms with van der Waals surface area (Å²) in [5.41, 5.74) is 0.862. The molecule has 0 amide bonds. The van der Waals surface area contributed by atoms with Crippen LogP contribution in [-0.4, -0.2) is 46.8 Å². The third kappa shape index (κ3) is 5.07. The summed E-state index contributed by atoms with van der Waals surface area (Å²) in [6.07, 6.45) is 7.12. The van der Waals surface area contributed by atoms with Gasteiger partial charge in [-0.05, 0) is 31.5 Å². The number of hydrogen-bond donors (Lipinski definition) is 2. The van der Waals surface area contributed by atoms with Gasteiger partial charge in [0.05, 0.1) is 5.60 Å². The van der Waals surface area contributed by atoms with Crippen LogP contribution in [0.5, 0.6) is 0 Å². The van der Waals surface area contributed by atoms with Gasteiger partial charge >= 0.3 is 0 Å². The van der Waals surface area contributed by atoms with Gasteiger partial charge in [0.2, 0.25) is 0 Å². The number of ether oxygens (including phenoxy) is 1. The second kappa shape index (κ2) is 7.73. The number of guanidine groups is 1. The molecule has 0 saturated heterocycles. The predicted molar refractivity (Wildman–Crippen MR) is 90.6 cm³/mol. The fourth-order valence-corrected chi connectivity index (χ4v) is 1.88. The second-order valence-electron chi connectivity index (χ2n) is 5.74. The first-order chi connectivity index (χ1) is 11.0. The number of nitrogens with zero attached hydrogens (tertiary/aromatic N) is 4. The zero-order valence-electron chi connectivity index (χ0n) is 14.1. The number of aromatic nitrogens is 3. The van der Waals surface area contributed by atoms with Crippen LogP contribution < -0.4 is 10.6 Å². The van der Waals surface area contributed by atoms with E-state index in [0.717, 1.165) is 17.3 Å². The molecule has 2 heterocycles. The monoisotopic (exact) mass is 316 g/mol. The molecular weight excluding hydrogens is 292 g/mol. The third-order valence-corrected chi connectivity index (χ3v) is 3.50. The summed E-state index contributed by atoms with van der Waals surface area (Å²) in [5, 5.41) is 6.54. The van der Waals surface area contributed by atoms with Gasteiger partial charge < -0.3 is 15.4 Å². The maximum Gasteiger partial charge on any atom is 0.191 e. The number of hydrogen-bond acceptors (Lipinski definition) is 4. The predicted octanol–water partition coefficient (Wildman–Crippen LogP) is 1.36. The molecule has 0 atom stereocenters. The second-order valence-corrected chi connectivity index (χ2v) is 5.74. The van der Waals surface area contributed by atoms with E-state index in [4.69, 9.17) is 4.74 Å². The lowest BCUT2D eigenvalue weighted by Gasteiger charge is -2.24. The fourth-order valence-electron chi connectivity index (χ4n) is 1.88. The average molecular weight is 316 g/mol. The van der Waals surface area contributed by atoms with Gasteiger partial charge in [-0.15, -0.1) is 0 Å². The minimum absolute atomic E-state index is 0.247. The number of methoxy groups -OCH3 is 1. The Kier molecular flexibility index (Phi) is 5.70. The zero-order chi connectivity index (χ0) is 16.7. The molecule has 0 aliphatic rings. The summed E-state index contributed by atoms with van der Waals surface area (Å²) < 4.78 is 7.26. The molecular formula is C16H24N6O. The van der Waals surface area contributed by atoms with Gasteiger partial charge in [-0.3, -0.25) is 9.56 Å². The maximum atomic E-state index is 5.39. The highest BCUT2D eigenvalue weighted by Crippen LogP contribution is 2.07. The number of rotatable bonds is 6. The number of pyridine rings is 1. The van der Waals surface area contributed by atoms with Gasteiger partial charge in [-0.1, -0.05) is 0 Å². The molecule has 7 heteroatoms. The number of nitrogens with one attached hydrogen (secondary N) is 2. The van der Waals surface area contributed by atoms with Crippen LogP contribution in [0.2, 0.25) is 0 Å². The topological polar surface area (TPSA) is 76.4 Å². The first-order valence-electron chi connectivity index (χ1n) is 7.47. The number of imidazole rings is 1. The van der Waals surface area contributed by atoms with Gasteiger partial charge in [0.1, 0.15) is 12.1 Å². The zero-order valence-corrected chi connectivity index (χ0v) is 14.1. The lowest BCUT2D eigenvalue weighted by molar-refractivity contribution is 0.0268. The van der Waals surface area contributed by atoms with Gasteiger partial charge in [-0.2, -0.15) is 0 Å². The highest BCUT2D eigenvalue weighted by atomic mass is 16.5. The summed E-state index contributed by atoms with van der Waals surface area (Å²) in [4.78, 5) is 12.6. The van der Waals surface area contributed by atoms with Crippen molar-refractivity contribution in [2.24, 2.45) is 4.99 Å². The van der Waals surface area contributed by atoms with Crippen molar-refractivity contribution in [3.63, 3.8) is 0 Å². The molecule has 0 aliphatic heterocycles. The van der Waals surface area contributed by atoms with Crippen molar-refractivity contribution < 1.29 is 4.74 Å². The maximum absolute atomic E-state index is 5.39. The quantitative estimate of drug-likeness (QED) is 0.621. The van der Waals surface area contributed by atoms with Crippen molar-refractivity contribution in [3.8, 4) is 5.82 Å². The van der Waals surface area contributed by atoms with Crippen molar-refractivity contribution >= 4 is 5.96 Å². The Balaban J connectivity index is 1.93. The van der Waals surface area contributed by atoms with E-state index < -0.39 is 0 Å². The van der Waals surface area contributed by atoms with E-state index in [0.29, 0.717) is 13.1 Å². The van der Waals surface area contributed by atoms with Crippen molar-refractivity contribution in [1.29, 1.82) is 0 Å². The minimum atomic E-state index is -0.247.